The van der Waals surface area contributed by atoms with E-state index in [1.165, 1.54) is 69.1 Å². The van der Waals surface area contributed by atoms with E-state index in [1.807, 2.05) is 144 Å². The van der Waals surface area contributed by atoms with E-state index in [9.17, 15) is 24.0 Å². The summed E-state index contributed by atoms with van der Waals surface area (Å²) in [6.45, 7) is 44.5. The highest BCUT2D eigenvalue weighted by molar-refractivity contribution is 6.09. The van der Waals surface area contributed by atoms with E-state index in [2.05, 4.69) is 84.5 Å². The molecule has 21 rings (SSSR count). The highest BCUT2D eigenvalue weighted by Gasteiger charge is 2.48. The number of fused-ring (bicyclic) bond motifs is 18. The Bertz CT molecular complexity index is 8110. The number of halogens is 6. The van der Waals surface area contributed by atoms with Gasteiger partial charge < -0.3 is 64.4 Å². The van der Waals surface area contributed by atoms with Crippen LogP contribution >= 0.6 is 0 Å². The summed E-state index contributed by atoms with van der Waals surface area (Å²) >= 11 is 0. The van der Waals surface area contributed by atoms with Crippen LogP contribution in [-0.2, 0) is 14.4 Å². The van der Waals surface area contributed by atoms with Gasteiger partial charge in [0.25, 0.3) is 16.7 Å². The molecule has 750 valence electrons. The number of likely N-dealkylation sites (N-methyl/N-ethyl adjacent to an activating group) is 1. The van der Waals surface area contributed by atoms with Crippen molar-refractivity contribution in [1.82, 2.24) is 78.2 Å². The molecule has 0 saturated carbocycles. The Morgan fingerprint density at radius 2 is 0.752 bits per heavy atom. The number of aromatic nitrogens is 12. The van der Waals surface area contributed by atoms with Crippen LogP contribution in [0.4, 0.5) is 60.5 Å². The van der Waals surface area contributed by atoms with Crippen LogP contribution in [0.25, 0.3) is 116 Å². The second-order valence-corrected chi connectivity index (χ2v) is 40.5. The van der Waals surface area contributed by atoms with Crippen LogP contribution in [-0.4, -0.2) is 225 Å². The SMILES string of the molecule is C=CC(=O)N1CC2CN(C)c3c(c4cc(F)c(-c5c(C)ccc6[nH]cnc56)c(F)c4n(-c4c(C)ccnc4C(C)C)c3=O)N2CC1C.C=CC(=O)N1CC2CN(CCCN(C)C)c3c(c4cc(F)c(-c5c(C)ccc6[nH]cnc56)c(F)c4n(-c4c(C)ccnc4C(C)C)c3=O)N2CC1C.C=CC(=O)N1CC2CNc3c(c4cc(F)c(-c5c(C)ccc6[nH]cnc56)c(F)c4n(-c4c(C)ccnc4C(C)C)c3=O)N2CC1C. The first-order valence-corrected chi connectivity index (χ1v) is 49.2. The Morgan fingerprint density at radius 1 is 0.414 bits per heavy atom. The zero-order valence-electron chi connectivity index (χ0n) is 84.7. The number of rotatable bonds is 16. The van der Waals surface area contributed by atoms with Gasteiger partial charge in [-0.2, -0.15) is 0 Å². The van der Waals surface area contributed by atoms with E-state index in [4.69, 9.17) is 4.98 Å². The van der Waals surface area contributed by atoms with Crippen molar-refractivity contribution in [3.8, 4) is 50.4 Å². The lowest BCUT2D eigenvalue weighted by Gasteiger charge is -2.52. The first-order valence-electron chi connectivity index (χ1n) is 49.2. The maximum atomic E-state index is 17.9. The van der Waals surface area contributed by atoms with Gasteiger partial charge in [0.05, 0.1) is 155 Å². The molecule has 9 aromatic heterocycles. The smallest absolute Gasteiger partial charge is 0.281 e. The number of pyridine rings is 6. The minimum Gasteiger partial charge on any atom is -0.377 e. The lowest BCUT2D eigenvalue weighted by molar-refractivity contribution is -0.129. The third-order valence-corrected chi connectivity index (χ3v) is 29.8. The predicted octanol–water partition coefficient (Wildman–Crippen LogP) is 18.3. The zero-order valence-corrected chi connectivity index (χ0v) is 84.7. The number of piperazine rings is 3. The van der Waals surface area contributed by atoms with Gasteiger partial charge in [-0.05, 0) is 213 Å². The maximum absolute atomic E-state index is 17.9. The van der Waals surface area contributed by atoms with Crippen LogP contribution < -0.4 is 46.5 Å². The Kier molecular flexibility index (Phi) is 25.9. The summed E-state index contributed by atoms with van der Waals surface area (Å²) < 4.78 is 108. The fourth-order valence-corrected chi connectivity index (χ4v) is 22.9. The van der Waals surface area contributed by atoms with Gasteiger partial charge in [0, 0.05) is 142 Å². The number of aryl methyl sites for hydroxylation is 6. The van der Waals surface area contributed by atoms with E-state index in [0.717, 1.165) is 29.7 Å². The number of nitrogens with one attached hydrogen (secondary N) is 4. The number of amides is 3. The van der Waals surface area contributed by atoms with Gasteiger partial charge >= 0.3 is 0 Å². The van der Waals surface area contributed by atoms with E-state index in [0.29, 0.717) is 195 Å². The molecular formula is C111H118F6N22O6. The van der Waals surface area contributed by atoms with E-state index < -0.39 is 51.6 Å². The highest BCUT2D eigenvalue weighted by atomic mass is 19.2. The van der Waals surface area contributed by atoms with Gasteiger partial charge in [-0.3, -0.25) is 57.4 Å². The number of imidazole rings is 3. The second kappa shape index (κ2) is 38.1. The monoisotopic (exact) mass is 1970 g/mol. The molecule has 3 fully saturated rings. The van der Waals surface area contributed by atoms with Gasteiger partial charge in [0.1, 0.15) is 34.5 Å². The number of hydrogen-bond acceptors (Lipinski definition) is 19. The summed E-state index contributed by atoms with van der Waals surface area (Å²) in [4.78, 5) is 137. The van der Waals surface area contributed by atoms with Crippen LogP contribution in [0.15, 0.2) is 163 Å². The molecule has 145 heavy (non-hydrogen) atoms. The third-order valence-electron chi connectivity index (χ3n) is 29.8. The van der Waals surface area contributed by atoms with Crippen LogP contribution in [0.2, 0.25) is 0 Å². The van der Waals surface area contributed by atoms with Crippen molar-refractivity contribution < 1.29 is 40.7 Å². The molecule has 4 N–H and O–H groups in total. The van der Waals surface area contributed by atoms with Crippen LogP contribution in [0, 0.1) is 76.4 Å². The van der Waals surface area contributed by atoms with E-state index >= 15 is 31.1 Å². The first-order chi connectivity index (χ1) is 69.3. The summed E-state index contributed by atoms with van der Waals surface area (Å²) in [6.07, 6.45) is 14.2. The molecular weight excluding hydrogens is 1850 g/mol. The molecule has 34 heteroatoms. The van der Waals surface area contributed by atoms with Gasteiger partial charge in [0.2, 0.25) is 17.7 Å². The molecule has 6 aliphatic heterocycles. The van der Waals surface area contributed by atoms with Crippen LogP contribution in [0.5, 0.6) is 0 Å². The van der Waals surface area contributed by atoms with Gasteiger partial charge in [-0.15, -0.1) is 0 Å². The number of H-pyrrole nitrogens is 3. The fraction of sp³-hybridized carbons (Fsp3) is 0.351. The van der Waals surface area contributed by atoms with Crippen LogP contribution in [0.3, 0.4) is 0 Å². The summed E-state index contributed by atoms with van der Waals surface area (Å²) in [6, 6.07) is 19.0. The standard InChI is InChI=1S/C40H46F2N8O2.C36H37F2N7O2.C35H35F2N7O2/c1-9-30(51)48-20-26-19-47(16-10-15-46(7)8)39-38(49(26)18-25(48)6)27-17-28(41)32(31-23(4)11-12-29-35(31)45-21-44-29)33(42)37(27)50(40(39)52)36-24(5)13-14-43-34(36)22(2)3;1-8-26(46)43-16-22-15-42(7)35-34(44(22)14-21(43)6)23-13-24(37)28(27-19(4)9-10-25-31(27)41-17-40-25)29(38)33(23)45(36(35)47)32-20(5)11-12-39-30(32)18(2)3;1-7-25(45)42-15-21-13-39-31-34(43(21)14-20(42)6)22-12-23(36)27(26-18(4)8-9-24-30(26)41-16-40-24)28(37)33(22)44(35(31)46)32-19(5)10-11-38-29(32)17(2)3/h9,11-14,17,21-22,25-26H,1,10,15-16,18-20H2,2-8H3,(H,44,45);8-13,17-18,21-22H,1,14-16H2,2-7H3,(H,40,41);7-12,16-17,20-21,39H,1,13-15H2,2-6H3,(H,40,41). The van der Waals surface area contributed by atoms with E-state index in [-0.39, 0.29) is 127 Å². The Labute approximate surface area is 834 Å². The summed E-state index contributed by atoms with van der Waals surface area (Å²) in [5.41, 5.74) is 12.0. The van der Waals surface area contributed by atoms with Crippen molar-refractivity contribution in [2.75, 3.05) is 123 Å². The topological polar surface area (TPSA) is 283 Å². The molecule has 3 saturated heterocycles. The normalized spacial score (nSPS) is 17.7. The number of benzene rings is 6. The lowest BCUT2D eigenvalue weighted by Crippen LogP contribution is -2.64. The summed E-state index contributed by atoms with van der Waals surface area (Å²) in [5, 5.41) is 4.11. The number of aromatic amines is 3. The average Bonchev–Trinajstić information content (AvgIpc) is 1.34. The quantitative estimate of drug-likeness (QED) is 0.0516. The van der Waals surface area contributed by atoms with Crippen molar-refractivity contribution in [2.24, 2.45) is 0 Å². The lowest BCUT2D eigenvalue weighted by atomic mass is 9.93. The molecule has 15 aromatic rings. The number of nitrogens with zero attached hydrogens (tertiary/aromatic N) is 18. The molecule has 3 amide bonds. The minimum atomic E-state index is -0.859. The molecule has 28 nitrogen and oxygen atoms in total. The Balaban J connectivity index is 0.000000138. The fourth-order valence-electron chi connectivity index (χ4n) is 22.9. The number of carbonyl (C=O) groups is 3. The Morgan fingerprint density at radius 3 is 1.12 bits per heavy atom. The molecule has 0 aliphatic carbocycles. The molecule has 6 atom stereocenters. The highest BCUT2D eigenvalue weighted by Crippen LogP contribution is 2.52. The zero-order chi connectivity index (χ0) is 103. The number of hydrogen-bond donors (Lipinski definition) is 4. The predicted molar refractivity (Wildman–Crippen MR) is 562 cm³/mol. The summed E-state index contributed by atoms with van der Waals surface area (Å²) in [5.74, 6) is -5.65. The summed E-state index contributed by atoms with van der Waals surface area (Å²) in [7, 11) is 5.81. The van der Waals surface area contributed by atoms with Crippen molar-refractivity contribution in [2.45, 2.75) is 164 Å². The molecule has 0 bridgehead atoms. The largest absolute Gasteiger partial charge is 0.377 e. The Hall–Kier alpha value is -15.2. The molecule has 15 heterocycles. The van der Waals surface area contributed by atoms with Gasteiger partial charge in [0.15, 0.2) is 17.5 Å². The second-order valence-electron chi connectivity index (χ2n) is 40.5. The average molecular weight is 1970 g/mol. The van der Waals surface area contributed by atoms with Gasteiger partial charge in [-0.1, -0.05) is 79.5 Å². The maximum Gasteiger partial charge on any atom is 0.281 e. The molecule has 6 unspecified atom stereocenters. The van der Waals surface area contributed by atoms with Gasteiger partial charge in [-0.25, -0.2) is 41.3 Å². The molecule has 6 aromatic carbocycles. The molecule has 0 spiro atoms. The van der Waals surface area contributed by atoms with E-state index in [1.54, 1.807) is 78.3 Å². The molecule has 0 radical (unpaired) electrons. The van der Waals surface area contributed by atoms with Crippen molar-refractivity contribution >= 4 is 118 Å². The van der Waals surface area contributed by atoms with Crippen molar-refractivity contribution in [3.05, 3.63) is 265 Å². The van der Waals surface area contributed by atoms with Crippen molar-refractivity contribution in [3.63, 3.8) is 0 Å². The third kappa shape index (κ3) is 16.3. The number of carbonyl (C=O) groups excluding carboxylic acids is 3. The first kappa shape index (κ1) is 98.6. The van der Waals surface area contributed by atoms with Crippen LogP contribution in [0.1, 0.15) is 137 Å². The molecule has 6 aliphatic rings. The minimum absolute atomic E-state index is 0.0174. The number of anilines is 6. The van der Waals surface area contributed by atoms with Crippen molar-refractivity contribution in [1.29, 1.82) is 0 Å².